The van der Waals surface area contributed by atoms with Crippen molar-refractivity contribution < 1.29 is 9.53 Å². The molecule has 1 unspecified atom stereocenters. The van der Waals surface area contributed by atoms with E-state index in [0.29, 0.717) is 0 Å². The zero-order valence-corrected chi connectivity index (χ0v) is 11.1. The lowest BCUT2D eigenvalue weighted by Crippen LogP contribution is -2.41. The van der Waals surface area contributed by atoms with Gasteiger partial charge in [-0.3, -0.25) is 4.79 Å². The first-order valence-corrected chi connectivity index (χ1v) is 6.45. The molecule has 0 radical (unpaired) electrons. The van der Waals surface area contributed by atoms with E-state index in [-0.39, 0.29) is 24.4 Å². The van der Waals surface area contributed by atoms with E-state index in [4.69, 9.17) is 4.74 Å². The molecule has 1 atom stereocenters. The van der Waals surface area contributed by atoms with E-state index >= 15 is 0 Å². The summed E-state index contributed by atoms with van der Waals surface area (Å²) in [7, 11) is 0. The lowest BCUT2D eigenvalue weighted by atomic mass is 9.97. The summed E-state index contributed by atoms with van der Waals surface area (Å²) in [6.07, 6.45) is 5.51. The van der Waals surface area contributed by atoms with E-state index in [0.717, 1.165) is 64.3 Å². The number of halogens is 1. The standard InChI is InChI=1S/C12H22N2O2.ClH/c15-12(11-2-1-6-13-11)14-7-3-10-4-8-16-9-5-10;/h10-11,13H,1-9H2,(H,14,15);1H. The van der Waals surface area contributed by atoms with E-state index in [1.165, 1.54) is 0 Å². The summed E-state index contributed by atoms with van der Waals surface area (Å²) in [5, 5.41) is 6.24. The highest BCUT2D eigenvalue weighted by Gasteiger charge is 2.21. The molecule has 2 aliphatic heterocycles. The van der Waals surface area contributed by atoms with Gasteiger partial charge in [0.1, 0.15) is 0 Å². The van der Waals surface area contributed by atoms with Crippen LogP contribution in [-0.2, 0) is 9.53 Å². The Morgan fingerprint density at radius 2 is 2.06 bits per heavy atom. The van der Waals surface area contributed by atoms with Crippen molar-refractivity contribution in [2.45, 2.75) is 38.1 Å². The van der Waals surface area contributed by atoms with Gasteiger partial charge in [0.05, 0.1) is 6.04 Å². The molecule has 0 aliphatic carbocycles. The molecule has 0 spiro atoms. The van der Waals surface area contributed by atoms with Gasteiger partial charge >= 0.3 is 0 Å². The minimum Gasteiger partial charge on any atom is -0.381 e. The predicted octanol–water partition coefficient (Wildman–Crippen LogP) is 1.09. The van der Waals surface area contributed by atoms with Crippen LogP contribution in [0.2, 0.25) is 0 Å². The van der Waals surface area contributed by atoms with Crippen LogP contribution in [0, 0.1) is 5.92 Å². The fourth-order valence-electron chi connectivity index (χ4n) is 2.47. The van der Waals surface area contributed by atoms with Crippen molar-refractivity contribution in [2.24, 2.45) is 5.92 Å². The first kappa shape index (κ1) is 14.7. The second kappa shape index (κ2) is 7.90. The molecule has 2 saturated heterocycles. The Morgan fingerprint density at radius 1 is 1.29 bits per heavy atom. The van der Waals surface area contributed by atoms with Gasteiger partial charge in [0.25, 0.3) is 0 Å². The molecule has 2 aliphatic rings. The van der Waals surface area contributed by atoms with Crippen molar-refractivity contribution in [3.63, 3.8) is 0 Å². The highest BCUT2D eigenvalue weighted by atomic mass is 35.5. The number of rotatable bonds is 4. The number of hydrogen-bond donors (Lipinski definition) is 2. The number of hydrogen-bond acceptors (Lipinski definition) is 3. The van der Waals surface area contributed by atoms with E-state index in [1.807, 2.05) is 0 Å². The van der Waals surface area contributed by atoms with Crippen LogP contribution in [-0.4, -0.2) is 38.3 Å². The van der Waals surface area contributed by atoms with Crippen LogP contribution in [0.15, 0.2) is 0 Å². The number of amides is 1. The third-order valence-corrected chi connectivity index (χ3v) is 3.57. The third kappa shape index (κ3) is 4.82. The summed E-state index contributed by atoms with van der Waals surface area (Å²) in [6, 6.07) is 0.0645. The van der Waals surface area contributed by atoms with E-state index in [1.54, 1.807) is 0 Å². The van der Waals surface area contributed by atoms with Gasteiger partial charge in [-0.2, -0.15) is 0 Å². The first-order chi connectivity index (χ1) is 7.86. The molecule has 2 N–H and O–H groups in total. The smallest absolute Gasteiger partial charge is 0.237 e. The Bertz CT molecular complexity index is 227. The Hall–Kier alpha value is -0.320. The van der Waals surface area contributed by atoms with Gasteiger partial charge in [-0.25, -0.2) is 0 Å². The molecular formula is C12H23ClN2O2. The first-order valence-electron chi connectivity index (χ1n) is 6.45. The molecule has 2 rings (SSSR count). The molecule has 0 saturated carbocycles. The van der Waals surface area contributed by atoms with E-state index in [2.05, 4.69) is 10.6 Å². The van der Waals surface area contributed by atoms with Crippen LogP contribution in [0.5, 0.6) is 0 Å². The lowest BCUT2D eigenvalue weighted by Gasteiger charge is -2.22. The minimum absolute atomic E-state index is 0. The minimum atomic E-state index is 0. The third-order valence-electron chi connectivity index (χ3n) is 3.57. The topological polar surface area (TPSA) is 50.4 Å². The lowest BCUT2D eigenvalue weighted by molar-refractivity contribution is -0.122. The second-order valence-corrected chi connectivity index (χ2v) is 4.78. The van der Waals surface area contributed by atoms with Crippen LogP contribution in [0.4, 0.5) is 0 Å². The van der Waals surface area contributed by atoms with Gasteiger partial charge in [-0.15, -0.1) is 12.4 Å². The maximum Gasteiger partial charge on any atom is 0.237 e. The van der Waals surface area contributed by atoms with Crippen molar-refractivity contribution in [3.8, 4) is 0 Å². The molecule has 17 heavy (non-hydrogen) atoms. The Balaban J connectivity index is 0.00000144. The molecule has 0 aromatic heterocycles. The number of carbonyl (C=O) groups is 1. The van der Waals surface area contributed by atoms with Crippen LogP contribution in [0.25, 0.3) is 0 Å². The summed E-state index contributed by atoms with van der Waals surface area (Å²) in [6.45, 7) is 3.59. The second-order valence-electron chi connectivity index (χ2n) is 4.78. The number of carbonyl (C=O) groups excluding carboxylic acids is 1. The summed E-state index contributed by atoms with van der Waals surface area (Å²) in [5.74, 6) is 0.926. The van der Waals surface area contributed by atoms with Crippen molar-refractivity contribution in [2.75, 3.05) is 26.3 Å². The van der Waals surface area contributed by atoms with E-state index < -0.39 is 0 Å². The zero-order chi connectivity index (χ0) is 11.2. The molecule has 0 bridgehead atoms. The van der Waals surface area contributed by atoms with Crippen molar-refractivity contribution >= 4 is 18.3 Å². The monoisotopic (exact) mass is 262 g/mol. The summed E-state index contributed by atoms with van der Waals surface area (Å²) in [5.41, 5.74) is 0. The highest BCUT2D eigenvalue weighted by molar-refractivity contribution is 5.85. The fraction of sp³-hybridized carbons (Fsp3) is 0.917. The van der Waals surface area contributed by atoms with Crippen molar-refractivity contribution in [1.29, 1.82) is 0 Å². The van der Waals surface area contributed by atoms with E-state index in [9.17, 15) is 4.79 Å². The van der Waals surface area contributed by atoms with Gasteiger partial charge in [0.15, 0.2) is 0 Å². The number of ether oxygens (including phenoxy) is 1. The maximum absolute atomic E-state index is 11.7. The van der Waals surface area contributed by atoms with Gasteiger partial charge < -0.3 is 15.4 Å². The largest absolute Gasteiger partial charge is 0.381 e. The molecule has 0 aromatic carbocycles. The van der Waals surface area contributed by atoms with Crippen LogP contribution < -0.4 is 10.6 Å². The molecule has 2 fully saturated rings. The van der Waals surface area contributed by atoms with Crippen molar-refractivity contribution in [3.05, 3.63) is 0 Å². The average molecular weight is 263 g/mol. The highest BCUT2D eigenvalue weighted by Crippen LogP contribution is 2.17. The van der Waals surface area contributed by atoms with Crippen LogP contribution in [0.1, 0.15) is 32.1 Å². The van der Waals surface area contributed by atoms with Gasteiger partial charge in [0, 0.05) is 19.8 Å². The number of nitrogens with one attached hydrogen (secondary N) is 2. The SMILES string of the molecule is Cl.O=C(NCCC1CCOCC1)C1CCCN1. The molecule has 100 valence electrons. The van der Waals surface area contributed by atoms with Crippen molar-refractivity contribution in [1.82, 2.24) is 10.6 Å². The predicted molar refractivity (Wildman–Crippen MR) is 69.4 cm³/mol. The average Bonchev–Trinajstić information content (AvgIpc) is 2.84. The van der Waals surface area contributed by atoms with Gasteiger partial charge in [0.2, 0.25) is 5.91 Å². The summed E-state index contributed by atoms with van der Waals surface area (Å²) >= 11 is 0. The van der Waals surface area contributed by atoms with Crippen LogP contribution in [0.3, 0.4) is 0 Å². The maximum atomic E-state index is 11.7. The molecule has 1 amide bonds. The molecular weight excluding hydrogens is 240 g/mol. The normalized spacial score (nSPS) is 25.3. The Kier molecular flexibility index (Phi) is 6.85. The fourth-order valence-corrected chi connectivity index (χ4v) is 2.47. The van der Waals surface area contributed by atoms with Crippen LogP contribution >= 0.6 is 12.4 Å². The molecule has 2 heterocycles. The Morgan fingerprint density at radius 3 is 2.71 bits per heavy atom. The van der Waals surface area contributed by atoms with Gasteiger partial charge in [-0.05, 0) is 44.6 Å². The molecule has 4 nitrogen and oxygen atoms in total. The quantitative estimate of drug-likeness (QED) is 0.798. The summed E-state index contributed by atoms with van der Waals surface area (Å²) < 4.78 is 5.31. The zero-order valence-electron chi connectivity index (χ0n) is 10.2. The summed E-state index contributed by atoms with van der Waals surface area (Å²) in [4.78, 5) is 11.7. The molecule has 0 aromatic rings. The molecule has 5 heteroatoms. The van der Waals surface area contributed by atoms with Gasteiger partial charge in [-0.1, -0.05) is 0 Å². The Labute approximate surface area is 109 Å².